The van der Waals surface area contributed by atoms with Gasteiger partial charge in [-0.3, -0.25) is 0 Å². The van der Waals surface area contributed by atoms with Crippen LogP contribution in [0.4, 0.5) is 0 Å². The van der Waals surface area contributed by atoms with Crippen molar-refractivity contribution < 1.29 is 5.11 Å². The van der Waals surface area contributed by atoms with E-state index in [1.54, 1.807) is 22.2 Å². The Kier molecular flexibility index (Phi) is 3.59. The van der Waals surface area contributed by atoms with E-state index in [-0.39, 0.29) is 0 Å². The highest BCUT2D eigenvalue weighted by Crippen LogP contribution is 2.30. The summed E-state index contributed by atoms with van der Waals surface area (Å²) in [6.07, 6.45) is 2.00. The van der Waals surface area contributed by atoms with E-state index in [1.165, 1.54) is 4.88 Å². The predicted octanol–water partition coefficient (Wildman–Crippen LogP) is 2.45. The van der Waals surface area contributed by atoms with Crippen LogP contribution in [0.5, 0.6) is 0 Å². The van der Waals surface area contributed by atoms with E-state index in [9.17, 15) is 5.11 Å². The molecule has 0 saturated carbocycles. The minimum atomic E-state index is -0.624. The summed E-state index contributed by atoms with van der Waals surface area (Å²) in [4.78, 5) is 2.37. The Morgan fingerprint density at radius 2 is 2.24 bits per heavy atom. The molecule has 1 atom stereocenters. The van der Waals surface area contributed by atoms with Crippen molar-refractivity contribution in [1.29, 1.82) is 0 Å². The summed E-state index contributed by atoms with van der Waals surface area (Å²) in [5.74, 6) is 0. The lowest BCUT2D eigenvalue weighted by Gasteiger charge is -2.11. The SMILES string of the molecule is CCCn1nncc1C(O)c1cc(C)sc1C. The zero-order valence-electron chi connectivity index (χ0n) is 10.3. The number of aryl methyl sites for hydroxylation is 3. The number of hydrogen-bond donors (Lipinski definition) is 1. The fraction of sp³-hybridized carbons (Fsp3) is 0.500. The second-order valence-corrected chi connectivity index (χ2v) is 5.61. The first-order chi connectivity index (χ1) is 8.13. The van der Waals surface area contributed by atoms with Crippen molar-refractivity contribution in [3.63, 3.8) is 0 Å². The van der Waals surface area contributed by atoms with Crippen LogP contribution in [0.25, 0.3) is 0 Å². The molecule has 2 aromatic heterocycles. The number of thiophene rings is 1. The van der Waals surface area contributed by atoms with Gasteiger partial charge in [-0.2, -0.15) is 0 Å². The molecule has 0 amide bonds. The van der Waals surface area contributed by atoms with Crippen molar-refractivity contribution in [2.75, 3.05) is 0 Å². The molecule has 2 rings (SSSR count). The Labute approximate surface area is 105 Å². The monoisotopic (exact) mass is 251 g/mol. The number of rotatable bonds is 4. The molecule has 0 aliphatic carbocycles. The fourth-order valence-electron chi connectivity index (χ4n) is 1.94. The van der Waals surface area contributed by atoms with E-state index in [1.807, 2.05) is 13.0 Å². The van der Waals surface area contributed by atoms with Gasteiger partial charge in [-0.15, -0.1) is 16.4 Å². The summed E-state index contributed by atoms with van der Waals surface area (Å²) in [7, 11) is 0. The third-order valence-electron chi connectivity index (χ3n) is 2.74. The van der Waals surface area contributed by atoms with Crippen molar-refractivity contribution in [2.45, 2.75) is 39.8 Å². The van der Waals surface area contributed by atoms with E-state index < -0.39 is 6.10 Å². The van der Waals surface area contributed by atoms with Crippen LogP contribution in [-0.2, 0) is 6.54 Å². The molecule has 92 valence electrons. The molecule has 0 bridgehead atoms. The Hall–Kier alpha value is -1.20. The predicted molar refractivity (Wildman–Crippen MR) is 68.2 cm³/mol. The van der Waals surface area contributed by atoms with E-state index >= 15 is 0 Å². The van der Waals surface area contributed by atoms with Gasteiger partial charge in [0, 0.05) is 21.9 Å². The first kappa shape index (κ1) is 12.3. The number of nitrogens with zero attached hydrogens (tertiary/aromatic N) is 3. The molecule has 1 N–H and O–H groups in total. The molecule has 0 saturated heterocycles. The van der Waals surface area contributed by atoms with Gasteiger partial charge < -0.3 is 5.11 Å². The zero-order valence-corrected chi connectivity index (χ0v) is 11.2. The Morgan fingerprint density at radius 3 is 2.82 bits per heavy atom. The normalized spacial score (nSPS) is 12.9. The van der Waals surface area contributed by atoms with Gasteiger partial charge in [0.1, 0.15) is 6.10 Å². The van der Waals surface area contributed by atoms with E-state index in [4.69, 9.17) is 0 Å². The average Bonchev–Trinajstić information content (AvgIpc) is 2.85. The molecule has 0 fully saturated rings. The number of aliphatic hydroxyl groups is 1. The standard InChI is InChI=1S/C12H17N3OS/c1-4-5-15-11(7-13-14-15)12(16)10-6-8(2)17-9(10)3/h6-7,12,16H,4-5H2,1-3H3. The van der Waals surface area contributed by atoms with Crippen LogP contribution in [0.2, 0.25) is 0 Å². The first-order valence-corrected chi connectivity index (χ1v) is 6.58. The molecular formula is C12H17N3OS. The van der Waals surface area contributed by atoms with Gasteiger partial charge in [0.25, 0.3) is 0 Å². The van der Waals surface area contributed by atoms with Gasteiger partial charge in [0.15, 0.2) is 0 Å². The average molecular weight is 251 g/mol. The van der Waals surface area contributed by atoms with Crippen LogP contribution in [0.15, 0.2) is 12.3 Å². The molecule has 1 unspecified atom stereocenters. The molecule has 17 heavy (non-hydrogen) atoms. The highest BCUT2D eigenvalue weighted by molar-refractivity contribution is 7.12. The summed E-state index contributed by atoms with van der Waals surface area (Å²) in [5, 5.41) is 18.3. The summed E-state index contributed by atoms with van der Waals surface area (Å²) in [6, 6.07) is 2.04. The minimum absolute atomic E-state index is 0.624. The number of aliphatic hydroxyl groups excluding tert-OH is 1. The molecule has 0 aliphatic rings. The molecule has 0 radical (unpaired) electrons. The van der Waals surface area contributed by atoms with Crippen LogP contribution in [0, 0.1) is 13.8 Å². The Morgan fingerprint density at radius 1 is 1.47 bits per heavy atom. The summed E-state index contributed by atoms with van der Waals surface area (Å²) < 4.78 is 1.77. The van der Waals surface area contributed by atoms with Gasteiger partial charge in [-0.25, -0.2) is 4.68 Å². The third-order valence-corrected chi connectivity index (χ3v) is 3.72. The third kappa shape index (κ3) is 2.40. The van der Waals surface area contributed by atoms with Gasteiger partial charge in [0.05, 0.1) is 11.9 Å². The van der Waals surface area contributed by atoms with Crippen molar-refractivity contribution >= 4 is 11.3 Å². The maximum Gasteiger partial charge on any atom is 0.123 e. The topological polar surface area (TPSA) is 50.9 Å². The summed E-state index contributed by atoms with van der Waals surface area (Å²) in [5.41, 5.74) is 1.74. The number of aromatic nitrogens is 3. The van der Waals surface area contributed by atoms with E-state index in [0.29, 0.717) is 0 Å². The molecule has 0 spiro atoms. The summed E-state index contributed by atoms with van der Waals surface area (Å²) in [6.45, 7) is 6.95. The Bertz CT molecular complexity index is 504. The van der Waals surface area contributed by atoms with Crippen LogP contribution in [-0.4, -0.2) is 20.1 Å². The first-order valence-electron chi connectivity index (χ1n) is 5.76. The van der Waals surface area contributed by atoms with Crippen LogP contribution in [0.3, 0.4) is 0 Å². The molecule has 0 aliphatic heterocycles. The summed E-state index contributed by atoms with van der Waals surface area (Å²) >= 11 is 1.70. The van der Waals surface area contributed by atoms with E-state index in [0.717, 1.165) is 29.1 Å². The van der Waals surface area contributed by atoms with Crippen LogP contribution in [0.1, 0.15) is 40.5 Å². The smallest absolute Gasteiger partial charge is 0.123 e. The molecular weight excluding hydrogens is 234 g/mol. The second-order valence-electron chi connectivity index (χ2n) is 4.15. The maximum atomic E-state index is 10.4. The maximum absolute atomic E-state index is 10.4. The van der Waals surface area contributed by atoms with Gasteiger partial charge in [-0.1, -0.05) is 12.1 Å². The van der Waals surface area contributed by atoms with Gasteiger partial charge >= 0.3 is 0 Å². The van der Waals surface area contributed by atoms with Crippen molar-refractivity contribution in [1.82, 2.24) is 15.0 Å². The van der Waals surface area contributed by atoms with Gasteiger partial charge in [-0.05, 0) is 26.3 Å². The highest BCUT2D eigenvalue weighted by Gasteiger charge is 2.19. The zero-order chi connectivity index (χ0) is 12.4. The largest absolute Gasteiger partial charge is 0.382 e. The van der Waals surface area contributed by atoms with Crippen molar-refractivity contribution in [3.05, 3.63) is 33.3 Å². The molecule has 4 nitrogen and oxygen atoms in total. The van der Waals surface area contributed by atoms with Gasteiger partial charge in [0.2, 0.25) is 0 Å². The molecule has 5 heteroatoms. The van der Waals surface area contributed by atoms with E-state index in [2.05, 4.69) is 24.2 Å². The molecule has 0 aromatic carbocycles. The molecule has 2 heterocycles. The minimum Gasteiger partial charge on any atom is -0.382 e. The van der Waals surface area contributed by atoms with Crippen LogP contribution >= 0.6 is 11.3 Å². The van der Waals surface area contributed by atoms with Crippen molar-refractivity contribution in [3.8, 4) is 0 Å². The second kappa shape index (κ2) is 4.98. The Balaban J connectivity index is 2.33. The molecule has 2 aromatic rings. The lowest BCUT2D eigenvalue weighted by Crippen LogP contribution is -2.10. The lowest BCUT2D eigenvalue weighted by molar-refractivity contribution is 0.207. The fourth-order valence-corrected chi connectivity index (χ4v) is 2.90. The lowest BCUT2D eigenvalue weighted by atomic mass is 10.1. The highest BCUT2D eigenvalue weighted by atomic mass is 32.1. The quantitative estimate of drug-likeness (QED) is 0.908. The van der Waals surface area contributed by atoms with Crippen molar-refractivity contribution in [2.24, 2.45) is 0 Å². The van der Waals surface area contributed by atoms with Crippen LogP contribution < -0.4 is 0 Å². The number of hydrogen-bond acceptors (Lipinski definition) is 4.